The molecular weight excluding hydrogens is 276 g/mol. The first kappa shape index (κ1) is 17.1. The zero-order valence-electron chi connectivity index (χ0n) is 13.0. The summed E-state index contributed by atoms with van der Waals surface area (Å²) in [7, 11) is 0. The maximum Gasteiger partial charge on any atom is 0.159 e. The zero-order valence-corrected chi connectivity index (χ0v) is 13.0. The second-order valence-corrected chi connectivity index (χ2v) is 6.37. The predicted octanol–water partition coefficient (Wildman–Crippen LogP) is 0.282. The Labute approximate surface area is 126 Å². The molecule has 2 aliphatic rings. The van der Waals surface area contributed by atoms with Gasteiger partial charge in [0.25, 0.3) is 0 Å². The molecule has 0 radical (unpaired) electrons. The maximum atomic E-state index is 9.94. The number of aliphatic hydroxyl groups excluding tert-OH is 3. The summed E-state index contributed by atoms with van der Waals surface area (Å²) in [6.07, 6.45) is -0.606. The molecule has 0 aliphatic carbocycles. The molecule has 6 heteroatoms. The molecule has 2 aliphatic heterocycles. The van der Waals surface area contributed by atoms with Crippen molar-refractivity contribution in [3.63, 3.8) is 0 Å². The van der Waals surface area contributed by atoms with Crippen LogP contribution in [0.4, 0.5) is 0 Å². The van der Waals surface area contributed by atoms with E-state index in [1.807, 2.05) is 13.8 Å². The summed E-state index contributed by atoms with van der Waals surface area (Å²) in [6.45, 7) is 5.67. The van der Waals surface area contributed by atoms with Crippen LogP contribution in [-0.4, -0.2) is 65.3 Å². The second-order valence-electron chi connectivity index (χ2n) is 6.37. The fourth-order valence-electron chi connectivity index (χ4n) is 3.43. The lowest BCUT2D eigenvalue weighted by molar-refractivity contribution is -0.283. The Hall–Kier alpha value is -0.240. The highest BCUT2D eigenvalue weighted by Crippen LogP contribution is 2.32. The van der Waals surface area contributed by atoms with Gasteiger partial charge in [0.15, 0.2) is 6.29 Å². The van der Waals surface area contributed by atoms with E-state index in [1.165, 1.54) is 0 Å². The van der Waals surface area contributed by atoms with Crippen LogP contribution in [0.1, 0.15) is 33.6 Å². The minimum absolute atomic E-state index is 0.0158. The first-order valence-corrected chi connectivity index (χ1v) is 7.82. The van der Waals surface area contributed by atoms with Gasteiger partial charge < -0.3 is 29.5 Å². The Balaban J connectivity index is 1.99. The molecule has 124 valence electrons. The van der Waals surface area contributed by atoms with E-state index in [-0.39, 0.29) is 49.5 Å². The van der Waals surface area contributed by atoms with Gasteiger partial charge in [-0.25, -0.2) is 0 Å². The lowest BCUT2D eigenvalue weighted by Crippen LogP contribution is -2.51. The third-order valence-corrected chi connectivity index (χ3v) is 4.61. The van der Waals surface area contributed by atoms with Crippen molar-refractivity contribution < 1.29 is 29.5 Å². The monoisotopic (exact) mass is 304 g/mol. The van der Waals surface area contributed by atoms with E-state index in [2.05, 4.69) is 0 Å². The van der Waals surface area contributed by atoms with Gasteiger partial charge in [-0.2, -0.15) is 0 Å². The van der Waals surface area contributed by atoms with Crippen LogP contribution in [-0.2, 0) is 14.2 Å². The van der Waals surface area contributed by atoms with Crippen molar-refractivity contribution in [2.45, 2.75) is 70.4 Å². The van der Waals surface area contributed by atoms with E-state index in [1.54, 1.807) is 6.92 Å². The maximum absolute atomic E-state index is 9.94. The standard InChI is InChI=1S/C15H28O6/c1-8-4-12(7-17)15(10(3)19-8)21-13-5-11(6-16)14(18)9(2)20-13/h8-18H,4-7H2,1-3H3. The summed E-state index contributed by atoms with van der Waals surface area (Å²) >= 11 is 0. The fraction of sp³-hybridized carbons (Fsp3) is 1.00. The Morgan fingerprint density at radius 2 is 1.62 bits per heavy atom. The van der Waals surface area contributed by atoms with Gasteiger partial charge in [-0.3, -0.25) is 0 Å². The predicted molar refractivity (Wildman–Crippen MR) is 75.6 cm³/mol. The van der Waals surface area contributed by atoms with Gasteiger partial charge in [0.2, 0.25) is 0 Å². The van der Waals surface area contributed by atoms with Gasteiger partial charge in [-0.15, -0.1) is 0 Å². The van der Waals surface area contributed by atoms with Crippen molar-refractivity contribution in [3.8, 4) is 0 Å². The minimum atomic E-state index is -0.677. The van der Waals surface area contributed by atoms with Crippen molar-refractivity contribution in [1.29, 1.82) is 0 Å². The second kappa shape index (κ2) is 7.35. The molecule has 6 nitrogen and oxygen atoms in total. The molecule has 0 amide bonds. The molecule has 2 saturated heterocycles. The van der Waals surface area contributed by atoms with Gasteiger partial charge in [0.05, 0.1) is 30.5 Å². The van der Waals surface area contributed by atoms with Crippen LogP contribution in [0.3, 0.4) is 0 Å². The SMILES string of the molecule is CC1CC(CO)C(OC2CC(CO)C(O)C(C)O2)C(C)O1. The minimum Gasteiger partial charge on any atom is -0.396 e. The highest BCUT2D eigenvalue weighted by molar-refractivity contribution is 4.86. The van der Waals surface area contributed by atoms with Crippen LogP contribution in [0.25, 0.3) is 0 Å². The molecule has 0 spiro atoms. The van der Waals surface area contributed by atoms with Crippen LogP contribution >= 0.6 is 0 Å². The van der Waals surface area contributed by atoms with Crippen LogP contribution in [0.15, 0.2) is 0 Å². The molecule has 0 aromatic rings. The van der Waals surface area contributed by atoms with Crippen LogP contribution < -0.4 is 0 Å². The Morgan fingerprint density at radius 3 is 2.24 bits per heavy atom. The number of aliphatic hydroxyl groups is 3. The molecule has 0 bridgehead atoms. The van der Waals surface area contributed by atoms with Gasteiger partial charge in [-0.05, 0) is 27.2 Å². The van der Waals surface area contributed by atoms with Crippen molar-refractivity contribution in [2.24, 2.45) is 11.8 Å². The van der Waals surface area contributed by atoms with E-state index in [0.717, 1.165) is 6.42 Å². The van der Waals surface area contributed by atoms with Gasteiger partial charge in [0, 0.05) is 31.5 Å². The van der Waals surface area contributed by atoms with Gasteiger partial charge in [-0.1, -0.05) is 0 Å². The van der Waals surface area contributed by atoms with E-state index in [0.29, 0.717) is 6.42 Å². The van der Waals surface area contributed by atoms with E-state index in [4.69, 9.17) is 14.2 Å². The van der Waals surface area contributed by atoms with Crippen molar-refractivity contribution in [1.82, 2.24) is 0 Å². The summed E-state index contributed by atoms with van der Waals surface area (Å²) in [4.78, 5) is 0. The third-order valence-electron chi connectivity index (χ3n) is 4.61. The van der Waals surface area contributed by atoms with Crippen LogP contribution in [0.2, 0.25) is 0 Å². The largest absolute Gasteiger partial charge is 0.396 e. The normalized spacial score (nSPS) is 48.3. The molecule has 2 rings (SSSR count). The van der Waals surface area contributed by atoms with Crippen molar-refractivity contribution >= 4 is 0 Å². The van der Waals surface area contributed by atoms with Crippen LogP contribution in [0, 0.1) is 11.8 Å². The topological polar surface area (TPSA) is 88.4 Å². The molecular formula is C15H28O6. The highest BCUT2D eigenvalue weighted by Gasteiger charge is 2.41. The average Bonchev–Trinajstić information content (AvgIpc) is 2.45. The highest BCUT2D eigenvalue weighted by atomic mass is 16.7. The Kier molecular flexibility index (Phi) is 5.99. The first-order chi connectivity index (χ1) is 9.96. The van der Waals surface area contributed by atoms with E-state index >= 15 is 0 Å². The molecule has 2 fully saturated rings. The summed E-state index contributed by atoms with van der Waals surface area (Å²) < 4.78 is 17.5. The molecule has 8 atom stereocenters. The Morgan fingerprint density at radius 1 is 0.952 bits per heavy atom. The third kappa shape index (κ3) is 3.94. The number of hydrogen-bond acceptors (Lipinski definition) is 6. The Bertz CT molecular complexity index is 325. The molecule has 8 unspecified atom stereocenters. The molecule has 0 aromatic carbocycles. The molecule has 2 heterocycles. The molecule has 0 aromatic heterocycles. The quantitative estimate of drug-likeness (QED) is 0.691. The van der Waals surface area contributed by atoms with Gasteiger partial charge >= 0.3 is 0 Å². The zero-order chi connectivity index (χ0) is 15.6. The van der Waals surface area contributed by atoms with Gasteiger partial charge in [0.1, 0.15) is 0 Å². The summed E-state index contributed by atoms with van der Waals surface area (Å²) in [5.41, 5.74) is 0. The summed E-state index contributed by atoms with van der Waals surface area (Å²) in [6, 6.07) is 0. The molecule has 3 N–H and O–H groups in total. The van der Waals surface area contributed by atoms with E-state index in [9.17, 15) is 15.3 Å². The average molecular weight is 304 g/mol. The van der Waals surface area contributed by atoms with E-state index < -0.39 is 12.4 Å². The van der Waals surface area contributed by atoms with Crippen LogP contribution in [0.5, 0.6) is 0 Å². The van der Waals surface area contributed by atoms with Crippen molar-refractivity contribution in [2.75, 3.05) is 13.2 Å². The number of ether oxygens (including phenoxy) is 3. The summed E-state index contributed by atoms with van der Waals surface area (Å²) in [5.74, 6) is -0.229. The van der Waals surface area contributed by atoms with Crippen molar-refractivity contribution in [3.05, 3.63) is 0 Å². The fourth-order valence-corrected chi connectivity index (χ4v) is 3.43. The lowest BCUT2D eigenvalue weighted by Gasteiger charge is -2.43. The summed E-state index contributed by atoms with van der Waals surface area (Å²) in [5, 5.41) is 28.9. The molecule has 0 saturated carbocycles. The lowest BCUT2D eigenvalue weighted by atomic mass is 9.89. The molecule has 21 heavy (non-hydrogen) atoms. The first-order valence-electron chi connectivity index (χ1n) is 7.82. The smallest absolute Gasteiger partial charge is 0.159 e. The number of rotatable bonds is 4. The number of hydrogen-bond donors (Lipinski definition) is 3.